The quantitative estimate of drug-likeness (QED) is 0.424. The van der Waals surface area contributed by atoms with E-state index in [0.29, 0.717) is 5.56 Å². The molecule has 0 N–H and O–H groups in total. The standard InChI is InChI=1S/C19H13F3N2O4/c1-10-4-3-5-11(19(25)27-7-6-26-2)17(10)28-18-15(21)13(9-24)12(8-23)14(20)16(18)22/h3-5H,6-7H2,1-2H3. The fraction of sp³-hybridized carbons (Fsp3) is 0.211. The molecule has 0 atom stereocenters. The van der Waals surface area contributed by atoms with E-state index in [1.165, 1.54) is 44.4 Å². The lowest BCUT2D eigenvalue weighted by atomic mass is 10.1. The summed E-state index contributed by atoms with van der Waals surface area (Å²) in [4.78, 5) is 12.2. The largest absolute Gasteiger partial charge is 0.460 e. The molecule has 0 aliphatic rings. The molecule has 0 saturated carbocycles. The minimum absolute atomic E-state index is 0.0739. The summed E-state index contributed by atoms with van der Waals surface area (Å²) in [6.07, 6.45) is 0. The molecule has 0 radical (unpaired) electrons. The van der Waals surface area contributed by atoms with Crippen LogP contribution in [-0.4, -0.2) is 26.3 Å². The number of rotatable bonds is 6. The molecule has 2 aromatic rings. The van der Waals surface area contributed by atoms with Gasteiger partial charge in [-0.1, -0.05) is 12.1 Å². The number of hydrogen-bond donors (Lipinski definition) is 0. The molecule has 2 rings (SSSR count). The lowest BCUT2D eigenvalue weighted by Crippen LogP contribution is -2.12. The number of aryl methyl sites for hydroxylation is 1. The van der Waals surface area contributed by atoms with Gasteiger partial charge in [0.15, 0.2) is 11.6 Å². The van der Waals surface area contributed by atoms with Gasteiger partial charge in [0.2, 0.25) is 11.6 Å². The van der Waals surface area contributed by atoms with E-state index in [9.17, 15) is 18.0 Å². The van der Waals surface area contributed by atoms with Crippen molar-refractivity contribution in [3.63, 3.8) is 0 Å². The van der Waals surface area contributed by atoms with E-state index in [4.69, 9.17) is 24.7 Å². The fourth-order valence-electron chi connectivity index (χ4n) is 2.28. The zero-order chi connectivity index (χ0) is 20.8. The molecule has 0 bridgehead atoms. The second kappa shape index (κ2) is 8.89. The number of halogens is 3. The van der Waals surface area contributed by atoms with E-state index in [0.717, 1.165) is 0 Å². The summed E-state index contributed by atoms with van der Waals surface area (Å²) in [5.41, 5.74) is -1.95. The van der Waals surface area contributed by atoms with Gasteiger partial charge in [-0.05, 0) is 18.6 Å². The number of carbonyl (C=O) groups excluding carboxylic acids is 1. The van der Waals surface area contributed by atoms with Gasteiger partial charge in [0.1, 0.15) is 41.2 Å². The van der Waals surface area contributed by atoms with Gasteiger partial charge in [-0.2, -0.15) is 14.9 Å². The van der Waals surface area contributed by atoms with Gasteiger partial charge in [-0.15, -0.1) is 0 Å². The van der Waals surface area contributed by atoms with Gasteiger partial charge in [0, 0.05) is 7.11 Å². The van der Waals surface area contributed by atoms with Crippen LogP contribution in [0.5, 0.6) is 11.5 Å². The van der Waals surface area contributed by atoms with Crippen molar-refractivity contribution in [2.45, 2.75) is 6.92 Å². The first kappa shape index (κ1) is 20.7. The summed E-state index contributed by atoms with van der Waals surface area (Å²) in [6, 6.07) is 6.81. The van der Waals surface area contributed by atoms with E-state index in [2.05, 4.69) is 0 Å². The van der Waals surface area contributed by atoms with Crippen LogP contribution in [0.2, 0.25) is 0 Å². The first-order valence-corrected chi connectivity index (χ1v) is 7.81. The van der Waals surface area contributed by atoms with Crippen molar-refractivity contribution in [1.82, 2.24) is 0 Å². The van der Waals surface area contributed by atoms with Gasteiger partial charge >= 0.3 is 5.97 Å². The average molecular weight is 390 g/mol. The lowest BCUT2D eigenvalue weighted by Gasteiger charge is -2.15. The molecule has 0 heterocycles. The molecular weight excluding hydrogens is 377 g/mol. The summed E-state index contributed by atoms with van der Waals surface area (Å²) in [5, 5.41) is 17.8. The number of benzene rings is 2. The monoisotopic (exact) mass is 390 g/mol. The van der Waals surface area contributed by atoms with Gasteiger partial charge < -0.3 is 14.2 Å². The van der Waals surface area contributed by atoms with Crippen molar-refractivity contribution in [3.8, 4) is 23.6 Å². The zero-order valence-electron chi connectivity index (χ0n) is 14.8. The van der Waals surface area contributed by atoms with E-state index in [-0.39, 0.29) is 24.5 Å². The summed E-state index contributed by atoms with van der Waals surface area (Å²) in [5.74, 6) is -7.46. The molecule has 0 unspecified atom stereocenters. The van der Waals surface area contributed by atoms with Gasteiger partial charge in [0.05, 0.1) is 6.61 Å². The van der Waals surface area contributed by atoms with Crippen LogP contribution < -0.4 is 4.74 Å². The van der Waals surface area contributed by atoms with Crippen LogP contribution >= 0.6 is 0 Å². The smallest absolute Gasteiger partial charge is 0.342 e. The highest BCUT2D eigenvalue weighted by molar-refractivity contribution is 5.93. The Hall–Kier alpha value is -3.56. The molecule has 0 saturated heterocycles. The van der Waals surface area contributed by atoms with Crippen LogP contribution in [0.4, 0.5) is 13.2 Å². The summed E-state index contributed by atoms with van der Waals surface area (Å²) >= 11 is 0. The van der Waals surface area contributed by atoms with E-state index >= 15 is 0 Å². The van der Waals surface area contributed by atoms with Crippen LogP contribution in [0.15, 0.2) is 18.2 Å². The van der Waals surface area contributed by atoms with Crippen LogP contribution in [-0.2, 0) is 9.47 Å². The summed E-state index contributed by atoms with van der Waals surface area (Å²) < 4.78 is 57.8. The normalized spacial score (nSPS) is 10.1. The molecule has 0 aromatic heterocycles. The Morgan fingerprint density at radius 1 is 1.00 bits per heavy atom. The highest BCUT2D eigenvalue weighted by Gasteiger charge is 2.28. The third kappa shape index (κ3) is 3.90. The number of nitriles is 2. The number of nitrogens with zero attached hydrogens (tertiary/aromatic N) is 2. The first-order valence-electron chi connectivity index (χ1n) is 7.81. The number of methoxy groups -OCH3 is 1. The Labute approximate surface area is 158 Å². The second-order valence-electron chi connectivity index (χ2n) is 5.43. The van der Waals surface area contributed by atoms with Gasteiger partial charge in [-0.25, -0.2) is 13.6 Å². The molecule has 9 heteroatoms. The number of hydrogen-bond acceptors (Lipinski definition) is 6. The van der Waals surface area contributed by atoms with E-state index in [1.807, 2.05) is 0 Å². The SMILES string of the molecule is COCCOC(=O)c1cccc(C)c1Oc1c(F)c(F)c(C#N)c(C#N)c1F. The Kier molecular flexibility index (Phi) is 6.59. The van der Waals surface area contributed by atoms with Crippen LogP contribution in [0, 0.1) is 47.0 Å². The number of para-hydroxylation sites is 1. The molecule has 28 heavy (non-hydrogen) atoms. The molecule has 2 aromatic carbocycles. The summed E-state index contributed by atoms with van der Waals surface area (Å²) in [7, 11) is 1.41. The van der Waals surface area contributed by atoms with Gasteiger partial charge in [-0.3, -0.25) is 0 Å². The van der Waals surface area contributed by atoms with Crippen LogP contribution in [0.3, 0.4) is 0 Å². The molecule has 0 spiro atoms. The Balaban J connectivity index is 2.56. The molecule has 0 aliphatic carbocycles. The third-order valence-electron chi connectivity index (χ3n) is 3.66. The first-order chi connectivity index (χ1) is 13.4. The average Bonchev–Trinajstić information content (AvgIpc) is 2.68. The minimum Gasteiger partial charge on any atom is -0.460 e. The Bertz CT molecular complexity index is 1010. The maximum Gasteiger partial charge on any atom is 0.342 e. The third-order valence-corrected chi connectivity index (χ3v) is 3.66. The Morgan fingerprint density at radius 2 is 1.64 bits per heavy atom. The zero-order valence-corrected chi connectivity index (χ0v) is 14.8. The molecule has 0 fully saturated rings. The van der Waals surface area contributed by atoms with Crippen molar-refractivity contribution in [2.24, 2.45) is 0 Å². The van der Waals surface area contributed by atoms with Crippen molar-refractivity contribution in [3.05, 3.63) is 57.9 Å². The van der Waals surface area contributed by atoms with Crippen molar-refractivity contribution >= 4 is 5.97 Å². The predicted octanol–water partition coefficient (Wildman–Crippen LogP) is 3.75. The van der Waals surface area contributed by atoms with E-state index in [1.54, 1.807) is 0 Å². The summed E-state index contributed by atoms with van der Waals surface area (Å²) in [6.45, 7) is 1.54. The maximum absolute atomic E-state index is 14.5. The fourth-order valence-corrected chi connectivity index (χ4v) is 2.28. The molecule has 0 aliphatic heterocycles. The minimum atomic E-state index is -1.80. The van der Waals surface area contributed by atoms with Gasteiger partial charge in [0.25, 0.3) is 0 Å². The number of ether oxygens (including phenoxy) is 3. The molecule has 6 nitrogen and oxygen atoms in total. The van der Waals surface area contributed by atoms with Crippen molar-refractivity contribution in [1.29, 1.82) is 10.5 Å². The highest BCUT2D eigenvalue weighted by Crippen LogP contribution is 2.36. The second-order valence-corrected chi connectivity index (χ2v) is 5.43. The maximum atomic E-state index is 14.5. The Morgan fingerprint density at radius 3 is 2.25 bits per heavy atom. The van der Waals surface area contributed by atoms with Crippen molar-refractivity contribution < 1.29 is 32.2 Å². The number of carbonyl (C=O) groups is 1. The predicted molar refractivity (Wildman–Crippen MR) is 89.2 cm³/mol. The number of esters is 1. The molecule has 144 valence electrons. The van der Waals surface area contributed by atoms with E-state index < -0.39 is 40.3 Å². The van der Waals surface area contributed by atoms with Crippen molar-refractivity contribution in [2.75, 3.05) is 20.3 Å². The topological polar surface area (TPSA) is 92.3 Å². The molecular formula is C19H13F3N2O4. The lowest BCUT2D eigenvalue weighted by molar-refractivity contribution is 0.0385. The molecule has 0 amide bonds. The highest BCUT2D eigenvalue weighted by atomic mass is 19.2. The van der Waals surface area contributed by atoms with Crippen LogP contribution in [0.1, 0.15) is 27.0 Å². The van der Waals surface area contributed by atoms with Crippen LogP contribution in [0.25, 0.3) is 0 Å².